The van der Waals surface area contributed by atoms with Crippen LogP contribution in [0.25, 0.3) is 0 Å². The summed E-state index contributed by atoms with van der Waals surface area (Å²) in [5, 5.41) is 8.95. The van der Waals surface area contributed by atoms with E-state index in [-0.39, 0.29) is 21.2 Å². The Morgan fingerprint density at radius 3 is 2.61 bits per heavy atom. The second-order valence-corrected chi connectivity index (χ2v) is 7.01. The Bertz CT molecular complexity index is 576. The average Bonchev–Trinajstić information content (AvgIpc) is 3.10. The monoisotopic (exact) mass is 288 g/mol. The number of carboxylic acids is 1. The molecule has 0 atom stereocenters. The van der Waals surface area contributed by atoms with E-state index in [9.17, 15) is 13.2 Å². The van der Waals surface area contributed by atoms with Crippen LogP contribution in [0.3, 0.4) is 0 Å². The van der Waals surface area contributed by atoms with Crippen molar-refractivity contribution in [1.82, 2.24) is 0 Å². The van der Waals surface area contributed by atoms with Crippen molar-refractivity contribution in [2.24, 2.45) is 5.92 Å². The molecular formula is C12H13ClO4S. The van der Waals surface area contributed by atoms with Crippen molar-refractivity contribution >= 4 is 27.4 Å². The first-order valence-electron chi connectivity index (χ1n) is 5.66. The fourth-order valence-electron chi connectivity index (χ4n) is 1.71. The fraction of sp³-hybridized carbons (Fsp3) is 0.417. The quantitative estimate of drug-likeness (QED) is 0.904. The zero-order chi connectivity index (χ0) is 13.3. The summed E-state index contributed by atoms with van der Waals surface area (Å²) in [7, 11) is -3.41. The lowest BCUT2D eigenvalue weighted by molar-refractivity contribution is 0.0697. The Balaban J connectivity index is 2.25. The summed E-state index contributed by atoms with van der Waals surface area (Å²) < 4.78 is 24.0. The van der Waals surface area contributed by atoms with Crippen molar-refractivity contribution in [3.8, 4) is 0 Å². The zero-order valence-electron chi connectivity index (χ0n) is 9.60. The maximum Gasteiger partial charge on any atom is 0.337 e. The Hall–Kier alpha value is -1.07. The average molecular weight is 289 g/mol. The van der Waals surface area contributed by atoms with E-state index in [1.165, 1.54) is 12.1 Å². The van der Waals surface area contributed by atoms with Crippen LogP contribution in [0.4, 0.5) is 0 Å². The van der Waals surface area contributed by atoms with Gasteiger partial charge in [-0.1, -0.05) is 24.4 Å². The maximum absolute atomic E-state index is 12.0. The molecule has 1 aromatic rings. The van der Waals surface area contributed by atoms with Gasteiger partial charge in [-0.2, -0.15) is 0 Å². The molecule has 1 saturated carbocycles. The molecule has 0 saturated heterocycles. The summed E-state index contributed by atoms with van der Waals surface area (Å²) in [6.07, 6.45) is 2.83. The molecule has 18 heavy (non-hydrogen) atoms. The van der Waals surface area contributed by atoms with Crippen LogP contribution in [-0.4, -0.2) is 25.2 Å². The molecule has 1 aromatic carbocycles. The van der Waals surface area contributed by atoms with E-state index in [4.69, 9.17) is 16.7 Å². The molecule has 2 rings (SSSR count). The van der Waals surface area contributed by atoms with Crippen LogP contribution in [0.15, 0.2) is 23.1 Å². The van der Waals surface area contributed by atoms with Gasteiger partial charge in [0, 0.05) is 0 Å². The number of hydrogen-bond donors (Lipinski definition) is 1. The third-order valence-corrected chi connectivity index (χ3v) is 5.09. The van der Waals surface area contributed by atoms with Crippen LogP contribution >= 0.6 is 11.6 Å². The van der Waals surface area contributed by atoms with Gasteiger partial charge < -0.3 is 5.11 Å². The molecule has 0 aromatic heterocycles. The standard InChI is InChI=1S/C12H13ClO4S/c13-11-4-3-9(7-10(11)12(14)15)18(16,17)6-5-8-1-2-8/h3-4,7-8H,1-2,5-6H2,(H,14,15). The number of carbonyl (C=O) groups is 1. The molecule has 1 N–H and O–H groups in total. The molecule has 6 heteroatoms. The SMILES string of the molecule is O=C(O)c1cc(S(=O)(=O)CCC2CC2)ccc1Cl. The van der Waals surface area contributed by atoms with Gasteiger partial charge in [-0.05, 0) is 30.5 Å². The van der Waals surface area contributed by atoms with Crippen molar-refractivity contribution in [3.63, 3.8) is 0 Å². The van der Waals surface area contributed by atoms with Gasteiger partial charge >= 0.3 is 5.97 Å². The molecule has 0 unspecified atom stereocenters. The lowest BCUT2D eigenvalue weighted by atomic mass is 10.2. The number of hydrogen-bond acceptors (Lipinski definition) is 3. The molecule has 0 radical (unpaired) electrons. The lowest BCUT2D eigenvalue weighted by Crippen LogP contribution is -2.09. The van der Waals surface area contributed by atoms with E-state index in [1.54, 1.807) is 0 Å². The third-order valence-electron chi connectivity index (χ3n) is 3.02. The van der Waals surface area contributed by atoms with Crippen molar-refractivity contribution in [2.75, 3.05) is 5.75 Å². The molecule has 0 amide bonds. The molecule has 0 spiro atoms. The first kappa shape index (κ1) is 13.4. The molecular weight excluding hydrogens is 276 g/mol. The minimum absolute atomic E-state index is 0.0324. The highest BCUT2D eigenvalue weighted by atomic mass is 35.5. The maximum atomic E-state index is 12.0. The van der Waals surface area contributed by atoms with Crippen LogP contribution in [0, 0.1) is 5.92 Å². The van der Waals surface area contributed by atoms with Gasteiger partial charge in [0.25, 0.3) is 0 Å². The summed E-state index contributed by atoms with van der Waals surface area (Å²) in [5.41, 5.74) is -0.177. The highest BCUT2D eigenvalue weighted by Gasteiger charge is 2.25. The van der Waals surface area contributed by atoms with Gasteiger partial charge in [0.15, 0.2) is 9.84 Å². The minimum atomic E-state index is -3.41. The third kappa shape index (κ3) is 3.03. The van der Waals surface area contributed by atoms with Gasteiger partial charge in [-0.3, -0.25) is 0 Å². The van der Waals surface area contributed by atoms with Crippen molar-refractivity contribution in [1.29, 1.82) is 0 Å². The summed E-state index contributed by atoms with van der Waals surface area (Å²) in [5.74, 6) is -0.636. The molecule has 0 aliphatic heterocycles. The predicted molar refractivity (Wildman–Crippen MR) is 67.8 cm³/mol. The molecule has 98 valence electrons. The second kappa shape index (κ2) is 4.90. The normalized spacial score (nSPS) is 15.6. The number of aromatic carboxylic acids is 1. The molecule has 1 aliphatic rings. The lowest BCUT2D eigenvalue weighted by Gasteiger charge is -2.06. The van der Waals surface area contributed by atoms with Gasteiger partial charge in [0.05, 0.1) is 21.2 Å². The van der Waals surface area contributed by atoms with E-state index < -0.39 is 15.8 Å². The Kier molecular flexibility index (Phi) is 3.64. The summed E-state index contributed by atoms with van der Waals surface area (Å²) in [6.45, 7) is 0. The molecule has 0 bridgehead atoms. The zero-order valence-corrected chi connectivity index (χ0v) is 11.2. The number of halogens is 1. The highest BCUT2D eigenvalue weighted by molar-refractivity contribution is 7.91. The molecule has 0 heterocycles. The van der Waals surface area contributed by atoms with E-state index in [1.807, 2.05) is 0 Å². The highest BCUT2D eigenvalue weighted by Crippen LogP contribution is 2.33. The van der Waals surface area contributed by atoms with Crippen LogP contribution in [-0.2, 0) is 9.84 Å². The topological polar surface area (TPSA) is 71.4 Å². The van der Waals surface area contributed by atoms with Crippen molar-refractivity contribution < 1.29 is 18.3 Å². The fourth-order valence-corrected chi connectivity index (χ4v) is 3.36. The van der Waals surface area contributed by atoms with Crippen LogP contribution in [0.2, 0.25) is 5.02 Å². The number of sulfone groups is 1. The van der Waals surface area contributed by atoms with E-state index in [0.717, 1.165) is 18.9 Å². The Labute approximate surface area is 110 Å². The van der Waals surface area contributed by atoms with E-state index >= 15 is 0 Å². The number of benzene rings is 1. The predicted octanol–water partition coefficient (Wildman–Crippen LogP) is 2.61. The van der Waals surface area contributed by atoms with Crippen LogP contribution in [0.1, 0.15) is 29.6 Å². The van der Waals surface area contributed by atoms with Gasteiger partial charge in [-0.25, -0.2) is 13.2 Å². The molecule has 4 nitrogen and oxygen atoms in total. The van der Waals surface area contributed by atoms with Gasteiger partial charge in [-0.15, -0.1) is 0 Å². The van der Waals surface area contributed by atoms with Gasteiger partial charge in [0.1, 0.15) is 0 Å². The van der Waals surface area contributed by atoms with Crippen LogP contribution in [0.5, 0.6) is 0 Å². The van der Waals surface area contributed by atoms with Crippen molar-refractivity contribution in [3.05, 3.63) is 28.8 Å². The summed E-state index contributed by atoms with van der Waals surface area (Å²) in [4.78, 5) is 10.9. The molecule has 1 aliphatic carbocycles. The largest absolute Gasteiger partial charge is 0.478 e. The smallest absolute Gasteiger partial charge is 0.337 e. The first-order chi connectivity index (χ1) is 8.40. The summed E-state index contributed by atoms with van der Waals surface area (Å²) >= 11 is 5.70. The molecule has 1 fully saturated rings. The minimum Gasteiger partial charge on any atom is -0.478 e. The Morgan fingerprint density at radius 1 is 1.39 bits per heavy atom. The van der Waals surface area contributed by atoms with Crippen LogP contribution < -0.4 is 0 Å². The number of carboxylic acid groups (broad SMARTS) is 1. The van der Waals surface area contributed by atoms with Crippen molar-refractivity contribution in [2.45, 2.75) is 24.2 Å². The second-order valence-electron chi connectivity index (χ2n) is 4.50. The number of rotatable bonds is 5. The Morgan fingerprint density at radius 2 is 2.06 bits per heavy atom. The van der Waals surface area contributed by atoms with E-state index in [0.29, 0.717) is 12.3 Å². The summed E-state index contributed by atoms with van der Waals surface area (Å²) in [6, 6.07) is 3.80. The first-order valence-corrected chi connectivity index (χ1v) is 7.69. The van der Waals surface area contributed by atoms with Gasteiger partial charge in [0.2, 0.25) is 0 Å². The van der Waals surface area contributed by atoms with E-state index in [2.05, 4.69) is 0 Å².